The van der Waals surface area contributed by atoms with Gasteiger partial charge in [-0.05, 0) is 162 Å². The Morgan fingerprint density at radius 1 is 0.420 bits per heavy atom. The van der Waals surface area contributed by atoms with E-state index in [-0.39, 0.29) is 40.0 Å². The number of rotatable bonds is 29. The monoisotopic (exact) mass is 1650 g/mol. The van der Waals surface area contributed by atoms with Crippen LogP contribution in [0.2, 0.25) is 0 Å². The van der Waals surface area contributed by atoms with Crippen molar-refractivity contribution in [2.24, 2.45) is 17.8 Å². The second kappa shape index (κ2) is 45.7. The molecule has 0 aromatic carbocycles. The number of carbonyl (C=O) groups excluding carboxylic acids is 8. The molecule has 0 spiro atoms. The van der Waals surface area contributed by atoms with Crippen molar-refractivity contribution in [1.82, 2.24) is 49.5 Å². The van der Waals surface area contributed by atoms with Crippen molar-refractivity contribution in [3.63, 3.8) is 0 Å². The zero-order valence-electron chi connectivity index (χ0n) is 64.9. The molecule has 6 radical (unpaired) electrons. The maximum atomic E-state index is 12.9. The highest BCUT2D eigenvalue weighted by Crippen LogP contribution is 2.29. The smallest absolute Gasteiger partial charge is 0.430 e. The number of nitrogens with one attached hydrogen (secondary N) is 6. The molecule has 119 heavy (non-hydrogen) atoms. The Balaban J connectivity index is 0.000000214. The quantitative estimate of drug-likeness (QED) is 0.0235. The van der Waals surface area contributed by atoms with Crippen LogP contribution in [0.1, 0.15) is 151 Å². The summed E-state index contributed by atoms with van der Waals surface area (Å²) in [6.45, 7) is 4.89. The van der Waals surface area contributed by atoms with E-state index in [1.54, 1.807) is 85.9 Å². The van der Waals surface area contributed by atoms with Crippen LogP contribution < -0.4 is 83.9 Å². The van der Waals surface area contributed by atoms with Crippen LogP contribution in [0.15, 0.2) is 141 Å². The maximum Gasteiger partial charge on any atom is 0.430 e. The number of aliphatic carboxylic acids is 3. The van der Waals surface area contributed by atoms with Gasteiger partial charge in [-0.25, -0.2) is 4.79 Å². The molecule has 0 unspecified atom stereocenters. The van der Waals surface area contributed by atoms with Gasteiger partial charge < -0.3 is 81.8 Å². The molecule has 11 rings (SSSR count). The fraction of sp³-hybridized carbons (Fsp3) is 0.405. The summed E-state index contributed by atoms with van der Waals surface area (Å²) in [6, 6.07) is 24.8. The number of ketones is 1. The molecule has 12 N–H and O–H groups in total. The molecule has 6 amide bonds. The third-order valence-corrected chi connectivity index (χ3v) is 19.2. The Morgan fingerprint density at radius 3 is 0.933 bits per heavy atom. The number of alkyl halides is 3. The van der Waals surface area contributed by atoms with Gasteiger partial charge in [0.15, 0.2) is 41.0 Å². The van der Waals surface area contributed by atoms with Gasteiger partial charge in [-0.2, -0.15) is 13.2 Å². The second-order valence-corrected chi connectivity index (χ2v) is 27.7. The number of nitrogens with zero attached hydrogens (tertiary/aromatic N) is 4. The summed E-state index contributed by atoms with van der Waals surface area (Å²) in [6.07, 6.45) is 12.2. The van der Waals surface area contributed by atoms with Gasteiger partial charge in [0.1, 0.15) is 57.0 Å². The van der Waals surface area contributed by atoms with Crippen molar-refractivity contribution in [1.29, 1.82) is 0 Å². The number of halogens is 3. The molecule has 3 aliphatic carbocycles. The predicted octanol–water partition coefficient (Wildman–Crippen LogP) is 3.77. The highest BCUT2D eigenvalue weighted by molar-refractivity contribution is 6.57. The van der Waals surface area contributed by atoms with E-state index in [1.165, 1.54) is 60.5 Å². The molecule has 8 aromatic rings. The van der Waals surface area contributed by atoms with E-state index in [0.29, 0.717) is 136 Å². The van der Waals surface area contributed by atoms with Crippen LogP contribution in [0.5, 0.6) is 23.0 Å². The molecule has 3 fully saturated rings. The number of quaternary nitrogens is 1. The number of ether oxygens (including phenoxy) is 4. The number of pyridine rings is 8. The lowest BCUT2D eigenvalue weighted by molar-refractivity contribution is -0.368. The molecular weight excluding hydrogens is 1560 g/mol. The number of aromatic nitrogens is 4. The van der Waals surface area contributed by atoms with Crippen LogP contribution in [-0.2, 0) is 19.2 Å². The molecule has 3 saturated carbocycles. The fourth-order valence-electron chi connectivity index (χ4n) is 13.2. The average Bonchev–Trinajstić information content (AvgIpc) is 0.813. The number of carbonyl (C=O) groups is 11. The Morgan fingerprint density at radius 2 is 0.672 bits per heavy atom. The van der Waals surface area contributed by atoms with E-state index in [2.05, 4.69) is 37.6 Å². The fourth-order valence-corrected chi connectivity index (χ4v) is 13.2. The molecule has 0 saturated heterocycles. The minimum absolute atomic E-state index is 0.0119. The third-order valence-electron chi connectivity index (χ3n) is 19.2. The minimum Gasteiger partial charge on any atom is -0.542 e. The SMILES string of the molecule is O=C([O-])C(F)(F)F.[B]C(=O)NCCCOc1ccc2ccc(C(=O)N[C@@H]3CCCC[C@H]3C(=O)O)c(=O)n2c1.[B]C(=O)NCCCOc1ccc2ccc(C(=O)N[C@@H]3CCCC[C@H]3C(C)=O)c(=O)n2c1.[B]C(=O)NCCCOc1ccc2ccc(C(=O)O)c(=O)n2c1.[NH3+]CCCOc1ccc2ccc(C(=O)N[C@@H]3CCCC[C@H]3C(=O)O)c(=O)n2c1. The van der Waals surface area contributed by atoms with Crippen molar-refractivity contribution < 1.29 is 111 Å². The van der Waals surface area contributed by atoms with Gasteiger partial charge in [0.25, 0.3) is 40.0 Å². The van der Waals surface area contributed by atoms with E-state index in [9.17, 15) is 90.5 Å². The zero-order chi connectivity index (χ0) is 87.0. The lowest BCUT2D eigenvalue weighted by atomic mass is 9.82. The normalized spacial score (nSPS) is 16.7. The standard InChI is InChI=1S/C22H26BN3O5.C21H24BN3O6.C20H25N3O5.C14H13BN2O5.C2HF3O2/c1-14(27)17-5-2-3-6-19(17)25-20(28)18-10-8-15-7-9-16(13-26(15)21(18)29)31-12-4-11-24-22(23)30;22-21(30)23-10-3-11-31-14-8-6-13-7-9-16(19(27)25(13)12-14)18(26)24-17-5-2-1-4-15(17)20(28)29;21-10-3-11-28-14-8-6-13-7-9-16(19(25)23(13)12-14)18(24)22-17-5-2-1-4-15(17)20(26)27;15-14(21)16-6-1-7-22-10-4-2-9-3-5-11(13(19)20)12(18)17(9)8-10;3-2(4,5)1(6)7/h7-10,13,17,19H,2-6,11-12H2,1H3,(H,24,30)(H,25,28);6-9,12,15,17H,1-5,10-11H2,(H,23,30)(H,24,26)(H,28,29);6-9,12,15,17H,1-5,10-11,21H2,(H,22,24)(H,26,27);2-5,8H,1,6-7H2,(H,16,21)(H,19,20);(H,6,7)/t17-,19+;2*15-,17-;;/m011../s1. The summed E-state index contributed by atoms with van der Waals surface area (Å²) in [4.78, 5) is 175. The van der Waals surface area contributed by atoms with Crippen molar-refractivity contribution in [2.75, 3.05) is 52.6 Å². The Hall–Kier alpha value is -12.8. The lowest BCUT2D eigenvalue weighted by Crippen LogP contribution is -2.50. The number of carboxylic acid groups (broad SMARTS) is 4. The Kier molecular flexibility index (Phi) is 35.8. The summed E-state index contributed by atoms with van der Waals surface area (Å²) in [5, 5.41) is 52.2. The highest BCUT2D eigenvalue weighted by Gasteiger charge is 2.35. The van der Waals surface area contributed by atoms with Crippen LogP contribution in [0, 0.1) is 17.8 Å². The van der Waals surface area contributed by atoms with Crippen LogP contribution >= 0.6 is 0 Å². The molecule has 3 aliphatic rings. The molecule has 6 atom stereocenters. The van der Waals surface area contributed by atoms with Gasteiger partial charge in [0.05, 0.1) is 69.6 Å². The van der Waals surface area contributed by atoms with Gasteiger partial charge in [0.2, 0.25) is 0 Å². The summed E-state index contributed by atoms with van der Waals surface area (Å²) in [5.41, 5.74) is 3.79. The molecule has 628 valence electrons. The molecule has 0 bridgehead atoms. The predicted molar refractivity (Wildman–Crippen MR) is 424 cm³/mol. The second-order valence-electron chi connectivity index (χ2n) is 27.7. The van der Waals surface area contributed by atoms with Crippen molar-refractivity contribution in [3.8, 4) is 23.0 Å². The summed E-state index contributed by atoms with van der Waals surface area (Å²) < 4.78 is 59.1. The average molecular weight is 1650 g/mol. The maximum absolute atomic E-state index is 12.9. The first-order chi connectivity index (χ1) is 56.7. The number of fused-ring (bicyclic) bond motifs is 4. The summed E-state index contributed by atoms with van der Waals surface area (Å²) in [5.74, 6) is -9.06. The molecule has 40 heteroatoms. The molecule has 34 nitrogen and oxygen atoms in total. The highest BCUT2D eigenvalue weighted by atomic mass is 19.4. The van der Waals surface area contributed by atoms with E-state index in [1.807, 2.05) is 0 Å². The Labute approximate surface area is 680 Å². The van der Waals surface area contributed by atoms with Crippen molar-refractivity contribution in [2.45, 2.75) is 134 Å². The van der Waals surface area contributed by atoms with Crippen molar-refractivity contribution in [3.05, 3.63) is 186 Å². The molecule has 0 aliphatic heterocycles. The van der Waals surface area contributed by atoms with Gasteiger partial charge in [-0.3, -0.25) is 79.9 Å². The van der Waals surface area contributed by atoms with Crippen LogP contribution in [0.3, 0.4) is 0 Å². The molecule has 8 heterocycles. The van der Waals surface area contributed by atoms with E-state index in [0.717, 1.165) is 64.3 Å². The van der Waals surface area contributed by atoms with E-state index < -0.39 is 111 Å². The largest absolute Gasteiger partial charge is 0.542 e. The summed E-state index contributed by atoms with van der Waals surface area (Å²) in [7, 11) is 14.9. The number of amides is 6. The van der Waals surface area contributed by atoms with E-state index in [4.69, 9.17) is 57.5 Å². The lowest BCUT2D eigenvalue weighted by Gasteiger charge is -2.30. The first-order valence-electron chi connectivity index (χ1n) is 38.1. The van der Waals surface area contributed by atoms with Gasteiger partial charge in [-0.1, -0.05) is 38.5 Å². The Bertz CT molecular complexity index is 5070. The molecule has 8 aromatic heterocycles. The third kappa shape index (κ3) is 28.3. The summed E-state index contributed by atoms with van der Waals surface area (Å²) >= 11 is 0. The van der Waals surface area contributed by atoms with Crippen LogP contribution in [-0.4, -0.2) is 198 Å². The molecular formula is C79H89B3F3N11O23. The first-order valence-corrected chi connectivity index (χ1v) is 38.1. The number of hydrogen-bond acceptors (Lipinski definition) is 20. The van der Waals surface area contributed by atoms with Gasteiger partial charge in [-0.15, -0.1) is 0 Å². The minimum atomic E-state index is -5.19. The van der Waals surface area contributed by atoms with Gasteiger partial charge >= 0.3 is 24.1 Å². The number of aromatic carboxylic acids is 1. The van der Waals surface area contributed by atoms with Crippen LogP contribution in [0.25, 0.3) is 22.1 Å². The number of hydrogen-bond donors (Lipinski definition) is 10. The topological polar surface area (TPSA) is 494 Å². The van der Waals surface area contributed by atoms with E-state index >= 15 is 0 Å². The zero-order valence-corrected chi connectivity index (χ0v) is 64.9. The van der Waals surface area contributed by atoms with Crippen molar-refractivity contribution >= 4 is 110 Å². The van der Waals surface area contributed by atoms with Crippen LogP contribution in [0.4, 0.5) is 27.6 Å². The first kappa shape index (κ1) is 93.4. The number of Topliss-reactive ketones (excluding diaryl/α,β-unsaturated/α-hetero) is 1. The number of carboxylic acids is 4. The van der Waals surface area contributed by atoms with Gasteiger partial charge in [0, 0.05) is 72.2 Å².